The van der Waals surface area contributed by atoms with Crippen molar-refractivity contribution < 1.29 is 18.6 Å². The Bertz CT molecular complexity index is 1860. The minimum absolute atomic E-state index is 0.135. The zero-order valence-corrected chi connectivity index (χ0v) is 35.6. The molecule has 6 rings (SSSR count). The largest absolute Gasteiger partial charge is 0.494 e. The Kier molecular flexibility index (Phi) is 11.7. The first-order valence-electron chi connectivity index (χ1n) is 20.4. The van der Waals surface area contributed by atoms with Crippen LogP contribution in [0.4, 0.5) is 0 Å². The summed E-state index contributed by atoms with van der Waals surface area (Å²) in [5.41, 5.74) is 3.68. The van der Waals surface area contributed by atoms with Crippen molar-refractivity contribution in [1.29, 1.82) is 0 Å². The predicted molar refractivity (Wildman–Crippen MR) is 226 cm³/mol. The Hall–Kier alpha value is -2.29. The van der Waals surface area contributed by atoms with Crippen molar-refractivity contribution in [2.45, 2.75) is 182 Å². The van der Waals surface area contributed by atoms with Gasteiger partial charge in [-0.2, -0.15) is 0 Å². The number of nitrogens with zero attached hydrogens (tertiary/aromatic N) is 2. The lowest BCUT2D eigenvalue weighted by atomic mass is 9.75. The molecule has 0 unspecified atom stereocenters. The molecule has 4 heterocycles. The molecule has 0 N–H and O–H groups in total. The molecule has 0 radical (unpaired) electrons. The summed E-state index contributed by atoms with van der Waals surface area (Å²) in [6.45, 7) is 25.7. The highest BCUT2D eigenvalue weighted by Gasteiger charge is 2.53. The topological polar surface area (TPSA) is 62.7 Å². The standard InChI is InChI=1S/C44H64B2N2O4S/c1-13-14-15-16-17-18-19-20-21-22-23-30-24-32(45-49-41(5,6)42(7,8)50-45)26-35-36-27-33(46-51-43(9,10)44(11,12)52-46)25-34(38(36)53-37(30)35)31-28-47-39(48-29-31)40(2,3)4/h24-29H,13-23H2,1-12H3. The van der Waals surface area contributed by atoms with Crippen LogP contribution in [0.25, 0.3) is 31.3 Å². The van der Waals surface area contributed by atoms with Crippen LogP contribution in [0, 0.1) is 0 Å². The van der Waals surface area contributed by atoms with Gasteiger partial charge in [0.25, 0.3) is 0 Å². The van der Waals surface area contributed by atoms with Crippen LogP contribution in [0.5, 0.6) is 0 Å². The van der Waals surface area contributed by atoms with E-state index in [4.69, 9.17) is 28.6 Å². The molecule has 0 amide bonds. The number of fused-ring (bicyclic) bond motifs is 3. The van der Waals surface area contributed by atoms with Crippen molar-refractivity contribution in [3.63, 3.8) is 0 Å². The van der Waals surface area contributed by atoms with Gasteiger partial charge in [-0.05, 0) is 84.7 Å². The van der Waals surface area contributed by atoms with Gasteiger partial charge in [0, 0.05) is 49.1 Å². The number of rotatable bonds is 14. The van der Waals surface area contributed by atoms with E-state index in [2.05, 4.69) is 107 Å². The molecule has 2 aromatic carbocycles. The zero-order valence-electron chi connectivity index (χ0n) is 34.8. The van der Waals surface area contributed by atoms with E-state index < -0.39 is 36.6 Å². The lowest BCUT2D eigenvalue weighted by Crippen LogP contribution is -2.41. The molecule has 0 atom stereocenters. The van der Waals surface area contributed by atoms with Crippen LogP contribution in [-0.4, -0.2) is 46.6 Å². The number of hydrogen-bond donors (Lipinski definition) is 0. The van der Waals surface area contributed by atoms with Crippen molar-refractivity contribution in [3.8, 4) is 11.1 Å². The number of aryl methyl sites for hydroxylation is 1. The van der Waals surface area contributed by atoms with E-state index in [0.717, 1.165) is 34.3 Å². The fraction of sp³-hybridized carbons (Fsp3) is 0.636. The van der Waals surface area contributed by atoms with E-state index in [1.807, 2.05) is 23.7 Å². The maximum absolute atomic E-state index is 6.65. The van der Waals surface area contributed by atoms with Gasteiger partial charge >= 0.3 is 14.2 Å². The molecule has 6 nitrogen and oxygen atoms in total. The quantitative estimate of drug-likeness (QED) is 0.0948. The zero-order chi connectivity index (χ0) is 38.4. The van der Waals surface area contributed by atoms with Crippen LogP contribution in [0.1, 0.15) is 159 Å². The van der Waals surface area contributed by atoms with Crippen molar-refractivity contribution >= 4 is 56.7 Å². The van der Waals surface area contributed by atoms with Crippen LogP contribution < -0.4 is 10.9 Å². The lowest BCUT2D eigenvalue weighted by molar-refractivity contribution is 0.00578. The van der Waals surface area contributed by atoms with Gasteiger partial charge in [-0.15, -0.1) is 11.3 Å². The molecule has 2 aromatic heterocycles. The van der Waals surface area contributed by atoms with Crippen molar-refractivity contribution in [3.05, 3.63) is 48.0 Å². The number of unbranched alkanes of at least 4 members (excludes halogenated alkanes) is 9. The number of thiophene rings is 1. The van der Waals surface area contributed by atoms with Gasteiger partial charge in [-0.25, -0.2) is 9.97 Å². The molecule has 4 aromatic rings. The molecule has 0 bridgehead atoms. The fourth-order valence-electron chi connectivity index (χ4n) is 7.39. The third-order valence-electron chi connectivity index (χ3n) is 12.3. The van der Waals surface area contributed by atoms with Gasteiger partial charge in [0.05, 0.1) is 22.4 Å². The molecule has 2 saturated heterocycles. The first-order valence-corrected chi connectivity index (χ1v) is 21.2. The van der Waals surface area contributed by atoms with Crippen LogP contribution in [0.3, 0.4) is 0 Å². The van der Waals surface area contributed by atoms with Gasteiger partial charge in [0.2, 0.25) is 0 Å². The molecule has 9 heteroatoms. The molecule has 0 spiro atoms. The average molecular weight is 739 g/mol. The SMILES string of the molecule is CCCCCCCCCCCCc1cc(B2OC(C)(C)C(C)(C)O2)cc2c1sc1c(-c3cnc(C(C)(C)C)nc3)cc(B3OC(C)(C)C(C)(C)O3)cc12. The molecule has 2 fully saturated rings. The van der Waals surface area contributed by atoms with E-state index in [1.54, 1.807) is 0 Å². The van der Waals surface area contributed by atoms with E-state index in [9.17, 15) is 0 Å². The first kappa shape index (κ1) is 40.4. The summed E-state index contributed by atoms with van der Waals surface area (Å²) in [5.74, 6) is 0.835. The summed E-state index contributed by atoms with van der Waals surface area (Å²) >= 11 is 1.88. The van der Waals surface area contributed by atoms with E-state index in [0.29, 0.717) is 0 Å². The normalized spacial score (nSPS) is 19.2. The minimum atomic E-state index is -0.495. The second kappa shape index (κ2) is 15.3. The highest BCUT2D eigenvalue weighted by Crippen LogP contribution is 2.44. The Balaban J connectivity index is 1.42. The van der Waals surface area contributed by atoms with Gasteiger partial charge in [-0.3, -0.25) is 0 Å². The summed E-state index contributed by atoms with van der Waals surface area (Å²) < 4.78 is 29.2. The van der Waals surface area contributed by atoms with Crippen LogP contribution in [0.2, 0.25) is 0 Å². The van der Waals surface area contributed by atoms with Crippen LogP contribution in [-0.2, 0) is 30.5 Å². The van der Waals surface area contributed by atoms with E-state index >= 15 is 0 Å². The second-order valence-corrected chi connectivity index (χ2v) is 19.8. The molecule has 2 aliphatic heterocycles. The summed E-state index contributed by atoms with van der Waals surface area (Å²) in [7, 11) is -0.930. The van der Waals surface area contributed by atoms with Crippen LogP contribution in [0.15, 0.2) is 36.7 Å². The molecular formula is C44H64B2N2O4S. The third kappa shape index (κ3) is 8.45. The van der Waals surface area contributed by atoms with Crippen molar-refractivity contribution in [1.82, 2.24) is 9.97 Å². The van der Waals surface area contributed by atoms with Crippen LogP contribution >= 0.6 is 11.3 Å². The van der Waals surface area contributed by atoms with Gasteiger partial charge in [0.15, 0.2) is 0 Å². The second-order valence-electron chi connectivity index (χ2n) is 18.8. The average Bonchev–Trinajstić information content (AvgIpc) is 3.64. The maximum Gasteiger partial charge on any atom is 0.494 e. The molecule has 2 aliphatic rings. The number of aromatic nitrogens is 2. The van der Waals surface area contributed by atoms with Crippen molar-refractivity contribution in [2.75, 3.05) is 0 Å². The highest BCUT2D eigenvalue weighted by atomic mass is 32.1. The lowest BCUT2D eigenvalue weighted by Gasteiger charge is -2.32. The summed E-state index contributed by atoms with van der Waals surface area (Å²) in [5, 5.41) is 2.42. The van der Waals surface area contributed by atoms with E-state index in [1.165, 1.54) is 89.9 Å². The Morgan fingerprint density at radius 1 is 0.585 bits per heavy atom. The first-order chi connectivity index (χ1) is 24.8. The maximum atomic E-state index is 6.65. The fourth-order valence-corrected chi connectivity index (χ4v) is 8.73. The Morgan fingerprint density at radius 2 is 1.02 bits per heavy atom. The third-order valence-corrected chi connectivity index (χ3v) is 13.6. The summed E-state index contributed by atoms with van der Waals surface area (Å²) in [6.07, 6.45) is 18.2. The molecule has 0 saturated carbocycles. The monoisotopic (exact) mass is 738 g/mol. The molecule has 0 aliphatic carbocycles. The predicted octanol–water partition coefficient (Wildman–Crippen LogP) is 10.9. The smallest absolute Gasteiger partial charge is 0.399 e. The summed E-state index contributed by atoms with van der Waals surface area (Å²) in [6, 6.07) is 9.22. The van der Waals surface area contributed by atoms with E-state index in [-0.39, 0.29) is 5.41 Å². The molecule has 53 heavy (non-hydrogen) atoms. The highest BCUT2D eigenvalue weighted by molar-refractivity contribution is 7.26. The van der Waals surface area contributed by atoms with Crippen molar-refractivity contribution in [2.24, 2.45) is 0 Å². The summed E-state index contributed by atoms with van der Waals surface area (Å²) in [4.78, 5) is 9.72. The minimum Gasteiger partial charge on any atom is -0.399 e. The van der Waals surface area contributed by atoms with Gasteiger partial charge < -0.3 is 18.6 Å². The Morgan fingerprint density at radius 3 is 1.49 bits per heavy atom. The Labute approximate surface area is 324 Å². The molecule has 286 valence electrons. The van der Waals surface area contributed by atoms with Gasteiger partial charge in [0.1, 0.15) is 5.82 Å². The number of benzene rings is 2. The number of hydrogen-bond acceptors (Lipinski definition) is 7. The molecular weight excluding hydrogens is 674 g/mol. The van der Waals surface area contributed by atoms with Gasteiger partial charge in [-0.1, -0.05) is 110 Å².